The average Bonchev–Trinajstić information content (AvgIpc) is 3.11. The molecule has 6 rings (SSSR count). The van der Waals surface area contributed by atoms with Crippen LogP contribution in [0.3, 0.4) is 0 Å². The van der Waals surface area contributed by atoms with Crippen LogP contribution in [0.2, 0.25) is 0 Å². The number of hydrogen-bond acceptors (Lipinski definition) is 5. The van der Waals surface area contributed by atoms with Gasteiger partial charge >= 0.3 is 0 Å². The third-order valence-corrected chi connectivity index (χ3v) is 7.19. The Morgan fingerprint density at radius 3 is 1.92 bits per heavy atom. The first kappa shape index (κ1) is 14.9. The van der Waals surface area contributed by atoms with Gasteiger partial charge in [-0.05, 0) is 62.2 Å². The maximum atomic E-state index is 9.71. The molecule has 2 bridgehead atoms. The Balaban J connectivity index is 1.34. The van der Waals surface area contributed by atoms with E-state index in [0.29, 0.717) is 0 Å². The number of anilines is 2. The number of hydrogen-bond donors (Lipinski definition) is 1. The van der Waals surface area contributed by atoms with Crippen LogP contribution >= 0.6 is 0 Å². The van der Waals surface area contributed by atoms with E-state index in [1.165, 1.54) is 38.8 Å². The molecule has 5 aliphatic rings. The molecule has 1 N–H and O–H groups in total. The minimum Gasteiger partial charge on any atom is -0.393 e. The van der Waals surface area contributed by atoms with Gasteiger partial charge in [-0.25, -0.2) is 9.97 Å². The molecular formula is C19H28N4O. The van der Waals surface area contributed by atoms with Crippen LogP contribution in [0.4, 0.5) is 11.6 Å². The molecule has 1 aromatic rings. The molecule has 3 saturated carbocycles. The van der Waals surface area contributed by atoms with Gasteiger partial charge in [0.15, 0.2) is 0 Å². The number of aromatic nitrogens is 2. The lowest BCUT2D eigenvalue weighted by molar-refractivity contribution is 0.0577. The Kier molecular flexibility index (Phi) is 3.65. The zero-order valence-corrected chi connectivity index (χ0v) is 14.3. The molecule has 0 radical (unpaired) electrons. The zero-order valence-electron chi connectivity index (χ0n) is 14.3. The molecule has 0 amide bonds. The van der Waals surface area contributed by atoms with E-state index < -0.39 is 0 Å². The summed E-state index contributed by atoms with van der Waals surface area (Å²) in [6.45, 7) is 4.18. The molecule has 24 heavy (non-hydrogen) atoms. The quantitative estimate of drug-likeness (QED) is 0.903. The van der Waals surface area contributed by atoms with Crippen molar-refractivity contribution < 1.29 is 5.11 Å². The summed E-state index contributed by atoms with van der Waals surface area (Å²) < 4.78 is 0. The van der Waals surface area contributed by atoms with Crippen molar-refractivity contribution in [3.63, 3.8) is 0 Å². The van der Waals surface area contributed by atoms with E-state index in [-0.39, 0.29) is 6.10 Å². The van der Waals surface area contributed by atoms with Crippen molar-refractivity contribution in [2.45, 2.75) is 44.6 Å². The highest BCUT2D eigenvalue weighted by molar-refractivity contribution is 5.51. The second-order valence-electron chi connectivity index (χ2n) is 8.36. The second kappa shape index (κ2) is 5.87. The lowest BCUT2D eigenvalue weighted by Crippen LogP contribution is -2.38. The van der Waals surface area contributed by atoms with Gasteiger partial charge in [-0.15, -0.1) is 0 Å². The van der Waals surface area contributed by atoms with Gasteiger partial charge in [0.2, 0.25) is 0 Å². The topological polar surface area (TPSA) is 52.5 Å². The summed E-state index contributed by atoms with van der Waals surface area (Å²) in [7, 11) is 0. The molecule has 3 aliphatic carbocycles. The Hall–Kier alpha value is -1.36. The molecule has 0 spiro atoms. The van der Waals surface area contributed by atoms with Crippen LogP contribution < -0.4 is 9.80 Å². The highest BCUT2D eigenvalue weighted by Crippen LogP contribution is 2.52. The van der Waals surface area contributed by atoms with E-state index in [4.69, 9.17) is 0 Å². The van der Waals surface area contributed by atoms with E-state index in [2.05, 4.69) is 25.8 Å². The van der Waals surface area contributed by atoms with Gasteiger partial charge in [-0.1, -0.05) is 0 Å². The Labute approximate surface area is 144 Å². The summed E-state index contributed by atoms with van der Waals surface area (Å²) in [5, 5.41) is 9.71. The number of nitrogens with zero attached hydrogens (tertiary/aromatic N) is 4. The van der Waals surface area contributed by atoms with Gasteiger partial charge in [0, 0.05) is 32.2 Å². The van der Waals surface area contributed by atoms with Crippen LogP contribution in [0.15, 0.2) is 12.4 Å². The summed E-state index contributed by atoms with van der Waals surface area (Å²) in [5.74, 6) is 5.89. The number of aliphatic hydroxyl groups is 1. The van der Waals surface area contributed by atoms with E-state index in [1.807, 2.05) is 0 Å². The van der Waals surface area contributed by atoms with E-state index in [9.17, 15) is 5.11 Å². The Morgan fingerprint density at radius 2 is 1.33 bits per heavy atom. The van der Waals surface area contributed by atoms with E-state index in [1.54, 1.807) is 6.33 Å². The van der Waals surface area contributed by atoms with Gasteiger partial charge in [0.05, 0.1) is 6.10 Å². The van der Waals surface area contributed by atoms with Crippen LogP contribution in [0.5, 0.6) is 0 Å². The lowest BCUT2D eigenvalue weighted by atomic mass is 9.60. The number of fused-ring (bicyclic) bond motifs is 2. The molecule has 5 nitrogen and oxygen atoms in total. The summed E-state index contributed by atoms with van der Waals surface area (Å²) in [6, 6.07) is 2.18. The van der Waals surface area contributed by atoms with Gasteiger partial charge in [0.25, 0.3) is 0 Å². The molecule has 5 fully saturated rings. The van der Waals surface area contributed by atoms with Crippen LogP contribution in [0, 0.1) is 23.7 Å². The molecule has 3 heterocycles. The van der Waals surface area contributed by atoms with Crippen molar-refractivity contribution in [1.82, 2.24) is 9.97 Å². The molecule has 2 aliphatic heterocycles. The maximum absolute atomic E-state index is 9.71. The fourth-order valence-electron chi connectivity index (χ4n) is 5.82. The molecule has 0 aromatic carbocycles. The second-order valence-corrected chi connectivity index (χ2v) is 8.36. The standard InChI is InChI=1S/C19H28N4O/c24-15-5-7-22(8-6-15)18-9-19(21-12-20-18)23-10-16-13-1-2-14(4-3-13)17(16)11-23/h9,12-17,24H,1-8,10-11H2/t13?,14?,16-,17+. The monoisotopic (exact) mass is 328 g/mol. The smallest absolute Gasteiger partial charge is 0.134 e. The number of rotatable bonds is 2. The predicted octanol–water partition coefficient (Wildman–Crippen LogP) is 2.31. The fourth-order valence-corrected chi connectivity index (χ4v) is 5.82. The average molecular weight is 328 g/mol. The molecule has 130 valence electrons. The van der Waals surface area contributed by atoms with Crippen LogP contribution in [0.25, 0.3) is 0 Å². The van der Waals surface area contributed by atoms with Crippen molar-refractivity contribution in [3.05, 3.63) is 12.4 Å². The normalized spacial score (nSPS) is 36.2. The van der Waals surface area contributed by atoms with Crippen molar-refractivity contribution in [2.24, 2.45) is 23.7 Å². The van der Waals surface area contributed by atoms with E-state index >= 15 is 0 Å². The third kappa shape index (κ3) is 2.48. The van der Waals surface area contributed by atoms with Crippen molar-refractivity contribution in [1.29, 1.82) is 0 Å². The summed E-state index contributed by atoms with van der Waals surface area (Å²) in [5.41, 5.74) is 0. The summed E-state index contributed by atoms with van der Waals surface area (Å²) in [6.07, 6.45) is 9.13. The predicted molar refractivity (Wildman–Crippen MR) is 94.1 cm³/mol. The van der Waals surface area contributed by atoms with Gasteiger partial charge in [-0.3, -0.25) is 0 Å². The minimum atomic E-state index is -0.139. The van der Waals surface area contributed by atoms with Crippen molar-refractivity contribution in [2.75, 3.05) is 36.0 Å². The zero-order chi connectivity index (χ0) is 16.1. The lowest BCUT2D eigenvalue weighted by Gasteiger charge is -2.44. The van der Waals surface area contributed by atoms with Crippen LogP contribution in [-0.4, -0.2) is 47.4 Å². The Morgan fingerprint density at radius 1 is 0.792 bits per heavy atom. The van der Waals surface area contributed by atoms with Gasteiger partial charge in [0.1, 0.15) is 18.0 Å². The highest BCUT2D eigenvalue weighted by Gasteiger charge is 2.48. The first-order valence-corrected chi connectivity index (χ1v) is 9.78. The summed E-state index contributed by atoms with van der Waals surface area (Å²) in [4.78, 5) is 13.9. The molecule has 2 saturated heterocycles. The SMILES string of the molecule is OC1CCN(c2cc(N3C[C@@H]4C5CCC(CC5)[C@@H]4C3)ncn2)CC1. The molecule has 5 heteroatoms. The van der Waals surface area contributed by atoms with Gasteiger partial charge in [-0.2, -0.15) is 0 Å². The van der Waals surface area contributed by atoms with Crippen LogP contribution in [-0.2, 0) is 0 Å². The Bertz CT molecular complexity index is 573. The highest BCUT2D eigenvalue weighted by atomic mass is 16.3. The third-order valence-electron chi connectivity index (χ3n) is 7.19. The van der Waals surface area contributed by atoms with Crippen LogP contribution in [0.1, 0.15) is 38.5 Å². The van der Waals surface area contributed by atoms with Crippen molar-refractivity contribution >= 4 is 11.6 Å². The first-order chi connectivity index (χ1) is 11.8. The largest absolute Gasteiger partial charge is 0.393 e. The molecule has 1 aromatic heterocycles. The minimum absolute atomic E-state index is 0.139. The number of aliphatic hydroxyl groups excluding tert-OH is 1. The van der Waals surface area contributed by atoms with E-state index in [0.717, 1.165) is 61.2 Å². The summed E-state index contributed by atoms with van der Waals surface area (Å²) >= 11 is 0. The van der Waals surface area contributed by atoms with Gasteiger partial charge < -0.3 is 14.9 Å². The molecular weight excluding hydrogens is 300 g/mol. The van der Waals surface area contributed by atoms with Crippen molar-refractivity contribution in [3.8, 4) is 0 Å². The fraction of sp³-hybridized carbons (Fsp3) is 0.789. The number of piperidine rings is 1. The molecule has 2 atom stereocenters. The molecule has 0 unspecified atom stereocenters. The first-order valence-electron chi connectivity index (χ1n) is 9.78. The maximum Gasteiger partial charge on any atom is 0.134 e.